The van der Waals surface area contributed by atoms with Gasteiger partial charge in [-0.05, 0) is 6.92 Å². The van der Waals surface area contributed by atoms with E-state index in [-0.39, 0.29) is 5.56 Å². The number of rotatable bonds is 0. The van der Waals surface area contributed by atoms with Gasteiger partial charge in [0.15, 0.2) is 0 Å². The molecule has 8 heavy (non-hydrogen) atoms. The molecule has 2 nitrogen and oxygen atoms in total. The van der Waals surface area contributed by atoms with Crippen molar-refractivity contribution < 1.29 is 4.74 Å². The third kappa shape index (κ3) is 1.34. The maximum Gasteiger partial charge on any atom is 0.146 e. The summed E-state index contributed by atoms with van der Waals surface area (Å²) in [6.07, 6.45) is 0. The zero-order valence-electron chi connectivity index (χ0n) is 4.86. The van der Waals surface area contributed by atoms with Gasteiger partial charge in [0.1, 0.15) is 5.56 Å². The second kappa shape index (κ2) is 2.67. The number of ether oxygens (including phenoxy) is 1. The Hall–Kier alpha value is 0.210. The van der Waals surface area contributed by atoms with E-state index in [2.05, 4.69) is 5.32 Å². The zero-order chi connectivity index (χ0) is 5.98. The van der Waals surface area contributed by atoms with Crippen LogP contribution in [0.1, 0.15) is 6.92 Å². The quantitative estimate of drug-likeness (QED) is 0.490. The van der Waals surface area contributed by atoms with Crippen molar-refractivity contribution >= 4 is 11.6 Å². The SMILES string of the molecule is CC1NCCOC1Cl. The maximum absolute atomic E-state index is 5.68. The van der Waals surface area contributed by atoms with Crippen LogP contribution in [0.5, 0.6) is 0 Å². The van der Waals surface area contributed by atoms with E-state index in [0.29, 0.717) is 6.04 Å². The Morgan fingerprint density at radius 2 is 2.50 bits per heavy atom. The molecule has 1 saturated heterocycles. The Labute approximate surface area is 54.2 Å². The van der Waals surface area contributed by atoms with Gasteiger partial charge in [-0.2, -0.15) is 0 Å². The van der Waals surface area contributed by atoms with Crippen LogP contribution in [0.3, 0.4) is 0 Å². The van der Waals surface area contributed by atoms with Crippen molar-refractivity contribution in [1.82, 2.24) is 5.32 Å². The zero-order valence-corrected chi connectivity index (χ0v) is 5.61. The predicted octanol–water partition coefficient (Wildman–Crippen LogP) is 0.560. The topological polar surface area (TPSA) is 21.3 Å². The predicted molar refractivity (Wildman–Crippen MR) is 33.1 cm³/mol. The summed E-state index contributed by atoms with van der Waals surface area (Å²) in [6, 6.07) is 0.297. The molecule has 1 N–H and O–H groups in total. The molecule has 0 radical (unpaired) electrons. The van der Waals surface area contributed by atoms with Crippen LogP contribution in [0, 0.1) is 0 Å². The summed E-state index contributed by atoms with van der Waals surface area (Å²) in [7, 11) is 0. The van der Waals surface area contributed by atoms with Crippen molar-refractivity contribution in [1.29, 1.82) is 0 Å². The summed E-state index contributed by atoms with van der Waals surface area (Å²) in [4.78, 5) is 0. The molecule has 2 unspecified atom stereocenters. The van der Waals surface area contributed by atoms with E-state index in [1.807, 2.05) is 6.92 Å². The smallest absolute Gasteiger partial charge is 0.146 e. The summed E-state index contributed by atoms with van der Waals surface area (Å²) < 4.78 is 5.09. The van der Waals surface area contributed by atoms with Gasteiger partial charge in [0, 0.05) is 12.6 Å². The first-order valence-corrected chi connectivity index (χ1v) is 3.23. The summed E-state index contributed by atoms with van der Waals surface area (Å²) in [5.41, 5.74) is -0.135. The fraction of sp³-hybridized carbons (Fsp3) is 1.00. The van der Waals surface area contributed by atoms with E-state index in [1.165, 1.54) is 0 Å². The molecule has 0 aromatic heterocycles. The van der Waals surface area contributed by atoms with Gasteiger partial charge in [-0.3, -0.25) is 0 Å². The van der Waals surface area contributed by atoms with Crippen molar-refractivity contribution in [2.75, 3.05) is 13.2 Å². The third-order valence-electron chi connectivity index (χ3n) is 1.24. The molecule has 0 saturated carbocycles. The molecule has 0 bridgehead atoms. The number of halogens is 1. The van der Waals surface area contributed by atoms with Gasteiger partial charge in [0.2, 0.25) is 0 Å². The number of alkyl halides is 1. The molecule has 1 rings (SSSR count). The molecule has 48 valence electrons. The van der Waals surface area contributed by atoms with E-state index in [1.54, 1.807) is 0 Å². The highest BCUT2D eigenvalue weighted by atomic mass is 35.5. The molecular formula is C5H10ClNO. The van der Waals surface area contributed by atoms with E-state index in [0.717, 1.165) is 13.2 Å². The monoisotopic (exact) mass is 135 g/mol. The van der Waals surface area contributed by atoms with Crippen LogP contribution in [-0.4, -0.2) is 24.8 Å². The number of morpholine rings is 1. The molecule has 1 aliphatic rings. The molecule has 1 heterocycles. The summed E-state index contributed by atoms with van der Waals surface area (Å²) in [5.74, 6) is 0. The number of hydrogen-bond acceptors (Lipinski definition) is 2. The van der Waals surface area contributed by atoms with Gasteiger partial charge in [-0.25, -0.2) is 0 Å². The molecule has 0 aromatic carbocycles. The fourth-order valence-electron chi connectivity index (χ4n) is 0.695. The van der Waals surface area contributed by atoms with Gasteiger partial charge in [0.05, 0.1) is 6.61 Å². The Bertz CT molecular complexity index is 68.8. The van der Waals surface area contributed by atoms with Crippen molar-refractivity contribution in [3.63, 3.8) is 0 Å². The van der Waals surface area contributed by atoms with Gasteiger partial charge < -0.3 is 10.1 Å². The van der Waals surface area contributed by atoms with Crippen LogP contribution in [0.15, 0.2) is 0 Å². The lowest BCUT2D eigenvalue weighted by atomic mass is 10.3. The first-order chi connectivity index (χ1) is 3.80. The average Bonchev–Trinajstić information content (AvgIpc) is 1.77. The van der Waals surface area contributed by atoms with Crippen molar-refractivity contribution in [2.24, 2.45) is 0 Å². The van der Waals surface area contributed by atoms with Crippen LogP contribution in [0.25, 0.3) is 0 Å². The van der Waals surface area contributed by atoms with Crippen LogP contribution < -0.4 is 5.32 Å². The van der Waals surface area contributed by atoms with Crippen LogP contribution in [-0.2, 0) is 4.74 Å². The second-order valence-corrected chi connectivity index (χ2v) is 2.39. The molecule has 0 amide bonds. The molecule has 1 fully saturated rings. The Kier molecular flexibility index (Phi) is 2.11. The standard InChI is InChI=1S/C5H10ClNO/c1-4-5(6)8-3-2-7-4/h4-5,7H,2-3H2,1H3. The number of hydrogen-bond donors (Lipinski definition) is 1. The van der Waals surface area contributed by atoms with Crippen LogP contribution in [0.4, 0.5) is 0 Å². The molecule has 0 aliphatic carbocycles. The Morgan fingerprint density at radius 1 is 1.75 bits per heavy atom. The minimum absolute atomic E-state index is 0.135. The fourth-order valence-corrected chi connectivity index (χ4v) is 0.873. The maximum atomic E-state index is 5.68. The lowest BCUT2D eigenvalue weighted by Gasteiger charge is -2.24. The van der Waals surface area contributed by atoms with Crippen molar-refractivity contribution in [3.05, 3.63) is 0 Å². The van der Waals surface area contributed by atoms with Crippen LogP contribution >= 0.6 is 11.6 Å². The second-order valence-electron chi connectivity index (χ2n) is 1.96. The molecule has 3 heteroatoms. The van der Waals surface area contributed by atoms with Gasteiger partial charge in [-0.15, -0.1) is 0 Å². The van der Waals surface area contributed by atoms with Gasteiger partial charge in [0.25, 0.3) is 0 Å². The third-order valence-corrected chi connectivity index (χ3v) is 1.74. The summed E-state index contributed by atoms with van der Waals surface area (Å²) in [5, 5.41) is 3.17. The lowest BCUT2D eigenvalue weighted by molar-refractivity contribution is 0.0531. The van der Waals surface area contributed by atoms with Crippen molar-refractivity contribution in [3.8, 4) is 0 Å². The lowest BCUT2D eigenvalue weighted by Crippen LogP contribution is -2.43. The Balaban J connectivity index is 2.28. The van der Waals surface area contributed by atoms with E-state index >= 15 is 0 Å². The highest BCUT2D eigenvalue weighted by Gasteiger charge is 2.17. The first-order valence-electron chi connectivity index (χ1n) is 2.80. The summed E-state index contributed by atoms with van der Waals surface area (Å²) >= 11 is 5.68. The molecule has 1 aliphatic heterocycles. The van der Waals surface area contributed by atoms with E-state index in [9.17, 15) is 0 Å². The molecule has 0 spiro atoms. The van der Waals surface area contributed by atoms with E-state index < -0.39 is 0 Å². The van der Waals surface area contributed by atoms with Gasteiger partial charge in [-0.1, -0.05) is 11.6 Å². The number of nitrogens with one attached hydrogen (secondary N) is 1. The largest absolute Gasteiger partial charge is 0.360 e. The first kappa shape index (κ1) is 6.33. The minimum Gasteiger partial charge on any atom is -0.360 e. The summed E-state index contributed by atoms with van der Waals surface area (Å²) in [6.45, 7) is 3.67. The van der Waals surface area contributed by atoms with Crippen molar-refractivity contribution in [2.45, 2.75) is 18.5 Å². The molecular weight excluding hydrogens is 126 g/mol. The highest BCUT2D eigenvalue weighted by molar-refractivity contribution is 6.20. The average molecular weight is 136 g/mol. The Morgan fingerprint density at radius 3 is 2.88 bits per heavy atom. The van der Waals surface area contributed by atoms with E-state index in [4.69, 9.17) is 16.3 Å². The molecule has 0 aromatic rings. The van der Waals surface area contributed by atoms with Gasteiger partial charge >= 0.3 is 0 Å². The van der Waals surface area contributed by atoms with Crippen LogP contribution in [0.2, 0.25) is 0 Å². The molecule has 2 atom stereocenters. The normalized spacial score (nSPS) is 39.8. The minimum atomic E-state index is -0.135. The highest BCUT2D eigenvalue weighted by Crippen LogP contribution is 2.06.